The number of nitrogens with one attached hydrogen (secondary N) is 1. The van der Waals surface area contributed by atoms with E-state index < -0.39 is 4.92 Å². The van der Waals surface area contributed by atoms with Gasteiger partial charge in [-0.1, -0.05) is 18.2 Å². The first-order valence-electron chi connectivity index (χ1n) is 6.19. The van der Waals surface area contributed by atoms with Crippen molar-refractivity contribution in [2.45, 2.75) is 0 Å². The second kappa shape index (κ2) is 6.42. The summed E-state index contributed by atoms with van der Waals surface area (Å²) in [6, 6.07) is 13.8. The maximum Gasteiger partial charge on any atom is 0.269 e. The molecule has 0 atom stereocenters. The average Bonchev–Trinajstić information content (AvgIpc) is 2.53. The molecule has 0 aromatic heterocycles. The smallest absolute Gasteiger partial charge is 0.269 e. The van der Waals surface area contributed by atoms with Crippen LogP contribution in [-0.2, 0) is 0 Å². The van der Waals surface area contributed by atoms with Crippen molar-refractivity contribution in [3.05, 3.63) is 75.8 Å². The number of rotatable bonds is 5. The van der Waals surface area contributed by atoms with Crippen LogP contribution in [0.4, 0.5) is 5.69 Å². The van der Waals surface area contributed by atoms with E-state index in [2.05, 4.69) is 5.32 Å². The molecular weight excluding hydrogens is 272 g/mol. The van der Waals surface area contributed by atoms with Crippen LogP contribution in [0.3, 0.4) is 0 Å². The Balaban J connectivity index is 1.96. The summed E-state index contributed by atoms with van der Waals surface area (Å²) >= 11 is 0. The first-order chi connectivity index (χ1) is 10.1. The van der Waals surface area contributed by atoms with Gasteiger partial charge in [-0.15, -0.1) is 0 Å². The number of Topliss-reactive ketones (excluding diaryl/α,β-unsaturated/α-hetero) is 1. The number of hydrogen-bond donors (Lipinski definition) is 1. The molecule has 0 aliphatic rings. The molecule has 0 radical (unpaired) electrons. The molecule has 1 N–H and O–H groups in total. The third-order valence-corrected chi connectivity index (χ3v) is 2.85. The van der Waals surface area contributed by atoms with Gasteiger partial charge in [-0.05, 0) is 24.3 Å². The molecule has 2 aromatic rings. The molecule has 0 bridgehead atoms. The number of carbonyl (C=O) groups is 2. The van der Waals surface area contributed by atoms with Crippen LogP contribution in [0.2, 0.25) is 0 Å². The Morgan fingerprint density at radius 1 is 0.952 bits per heavy atom. The predicted molar refractivity (Wildman–Crippen MR) is 76.2 cm³/mol. The van der Waals surface area contributed by atoms with Crippen molar-refractivity contribution in [1.82, 2.24) is 5.32 Å². The van der Waals surface area contributed by atoms with Gasteiger partial charge in [0.05, 0.1) is 11.5 Å². The first-order valence-corrected chi connectivity index (χ1v) is 6.19. The predicted octanol–water partition coefficient (Wildman–Crippen LogP) is 2.21. The third-order valence-electron chi connectivity index (χ3n) is 2.85. The monoisotopic (exact) mass is 284 g/mol. The van der Waals surface area contributed by atoms with Crippen molar-refractivity contribution in [2.75, 3.05) is 6.54 Å². The van der Waals surface area contributed by atoms with E-state index in [1.54, 1.807) is 30.3 Å². The molecule has 2 rings (SSSR count). The molecule has 0 fully saturated rings. The van der Waals surface area contributed by atoms with Crippen LogP contribution in [0.15, 0.2) is 54.6 Å². The summed E-state index contributed by atoms with van der Waals surface area (Å²) in [5.74, 6) is -0.653. The van der Waals surface area contributed by atoms with E-state index in [9.17, 15) is 19.7 Å². The molecule has 0 saturated carbocycles. The van der Waals surface area contributed by atoms with Gasteiger partial charge in [0.2, 0.25) is 0 Å². The van der Waals surface area contributed by atoms with Gasteiger partial charge in [-0.25, -0.2) is 0 Å². The fourth-order valence-electron chi connectivity index (χ4n) is 1.72. The standard InChI is InChI=1S/C15H12N2O4/c18-14(11-6-8-13(9-7-11)17(20)21)10-16-15(19)12-4-2-1-3-5-12/h1-9H,10H2,(H,16,19). The fourth-order valence-corrected chi connectivity index (χ4v) is 1.72. The zero-order chi connectivity index (χ0) is 15.2. The average molecular weight is 284 g/mol. The molecule has 0 aliphatic heterocycles. The van der Waals surface area contributed by atoms with Gasteiger partial charge in [0.15, 0.2) is 5.78 Å². The van der Waals surface area contributed by atoms with Crippen LogP contribution >= 0.6 is 0 Å². The first kappa shape index (κ1) is 14.4. The minimum absolute atomic E-state index is 0.0835. The lowest BCUT2D eigenvalue weighted by Gasteiger charge is -2.04. The molecule has 0 unspecified atom stereocenters. The highest BCUT2D eigenvalue weighted by atomic mass is 16.6. The minimum atomic E-state index is -0.536. The van der Waals surface area contributed by atoms with E-state index in [4.69, 9.17) is 0 Å². The Labute approximate surface area is 120 Å². The molecule has 6 nitrogen and oxygen atoms in total. The summed E-state index contributed by atoms with van der Waals surface area (Å²) in [4.78, 5) is 33.6. The van der Waals surface area contributed by atoms with Crippen LogP contribution in [-0.4, -0.2) is 23.2 Å². The summed E-state index contributed by atoms with van der Waals surface area (Å²) in [5.41, 5.74) is 0.697. The number of nitro groups is 1. The van der Waals surface area contributed by atoms with Crippen LogP contribution in [0, 0.1) is 10.1 Å². The van der Waals surface area contributed by atoms with Crippen molar-refractivity contribution in [2.24, 2.45) is 0 Å². The number of hydrogen-bond acceptors (Lipinski definition) is 4. The molecule has 2 aromatic carbocycles. The molecular formula is C15H12N2O4. The summed E-state index contributed by atoms with van der Waals surface area (Å²) in [7, 11) is 0. The largest absolute Gasteiger partial charge is 0.345 e. The normalized spacial score (nSPS) is 9.90. The summed E-state index contributed by atoms with van der Waals surface area (Å²) in [6.45, 7) is -0.161. The highest BCUT2D eigenvalue weighted by Gasteiger charge is 2.11. The lowest BCUT2D eigenvalue weighted by atomic mass is 10.1. The topological polar surface area (TPSA) is 89.3 Å². The number of ketones is 1. The molecule has 1 amide bonds. The van der Waals surface area contributed by atoms with Crippen LogP contribution < -0.4 is 5.32 Å². The van der Waals surface area contributed by atoms with E-state index >= 15 is 0 Å². The molecule has 0 saturated heterocycles. The lowest BCUT2D eigenvalue weighted by molar-refractivity contribution is -0.384. The fraction of sp³-hybridized carbons (Fsp3) is 0.0667. The van der Waals surface area contributed by atoms with Gasteiger partial charge in [0.25, 0.3) is 11.6 Å². The van der Waals surface area contributed by atoms with Crippen molar-refractivity contribution >= 4 is 17.4 Å². The van der Waals surface area contributed by atoms with Crippen LogP contribution in [0.1, 0.15) is 20.7 Å². The lowest BCUT2D eigenvalue weighted by Crippen LogP contribution is -2.29. The van der Waals surface area contributed by atoms with Gasteiger partial charge < -0.3 is 5.32 Å². The Morgan fingerprint density at radius 3 is 2.14 bits per heavy atom. The van der Waals surface area contributed by atoms with Gasteiger partial charge in [-0.3, -0.25) is 19.7 Å². The van der Waals surface area contributed by atoms with Gasteiger partial charge in [0, 0.05) is 23.3 Å². The number of amides is 1. The van der Waals surface area contributed by atoms with Crippen molar-refractivity contribution < 1.29 is 14.5 Å². The Morgan fingerprint density at radius 2 is 1.57 bits per heavy atom. The zero-order valence-corrected chi connectivity index (χ0v) is 11.0. The third kappa shape index (κ3) is 3.73. The Kier molecular flexibility index (Phi) is 4.40. The molecule has 6 heteroatoms. The number of nitro benzene ring substituents is 1. The molecule has 0 aliphatic carbocycles. The van der Waals surface area contributed by atoms with Crippen LogP contribution in [0.25, 0.3) is 0 Å². The molecule has 0 spiro atoms. The Hall–Kier alpha value is -3.02. The quantitative estimate of drug-likeness (QED) is 0.518. The maximum absolute atomic E-state index is 11.9. The highest BCUT2D eigenvalue weighted by molar-refractivity contribution is 6.02. The summed E-state index contributed by atoms with van der Waals surface area (Å²) < 4.78 is 0. The number of nitrogens with zero attached hydrogens (tertiary/aromatic N) is 1. The van der Waals surface area contributed by atoms with Gasteiger partial charge in [-0.2, -0.15) is 0 Å². The SMILES string of the molecule is O=C(CNC(=O)c1ccccc1)c1ccc([N+](=O)[O-])cc1. The summed E-state index contributed by atoms with van der Waals surface area (Å²) in [5, 5.41) is 13.0. The van der Waals surface area contributed by atoms with E-state index in [0.29, 0.717) is 11.1 Å². The van der Waals surface area contributed by atoms with E-state index in [1.807, 2.05) is 0 Å². The van der Waals surface area contributed by atoms with Crippen molar-refractivity contribution in [3.63, 3.8) is 0 Å². The minimum Gasteiger partial charge on any atom is -0.345 e. The second-order valence-corrected chi connectivity index (χ2v) is 4.28. The number of benzene rings is 2. The van der Waals surface area contributed by atoms with Crippen molar-refractivity contribution in [1.29, 1.82) is 0 Å². The maximum atomic E-state index is 11.9. The van der Waals surface area contributed by atoms with Crippen LogP contribution in [0.5, 0.6) is 0 Å². The molecule has 106 valence electrons. The number of carbonyl (C=O) groups excluding carboxylic acids is 2. The van der Waals surface area contributed by atoms with E-state index in [0.717, 1.165) is 0 Å². The zero-order valence-electron chi connectivity index (χ0n) is 11.0. The van der Waals surface area contributed by atoms with Gasteiger partial charge >= 0.3 is 0 Å². The van der Waals surface area contributed by atoms with Crippen molar-refractivity contribution in [3.8, 4) is 0 Å². The van der Waals surface area contributed by atoms with E-state index in [-0.39, 0.29) is 23.9 Å². The number of non-ortho nitro benzene ring substituents is 1. The molecule has 21 heavy (non-hydrogen) atoms. The second-order valence-electron chi connectivity index (χ2n) is 4.28. The van der Waals surface area contributed by atoms with Gasteiger partial charge in [0.1, 0.15) is 0 Å². The summed E-state index contributed by atoms with van der Waals surface area (Å²) in [6.07, 6.45) is 0. The molecule has 0 heterocycles. The Bertz CT molecular complexity index is 666. The highest BCUT2D eigenvalue weighted by Crippen LogP contribution is 2.12. The van der Waals surface area contributed by atoms with E-state index in [1.165, 1.54) is 24.3 Å².